The molecule has 0 aliphatic heterocycles. The van der Waals surface area contributed by atoms with Gasteiger partial charge in [-0.05, 0) is 6.07 Å². The molecule has 65 valence electrons. The van der Waals surface area contributed by atoms with E-state index in [2.05, 4.69) is 11.2 Å². The van der Waals surface area contributed by atoms with E-state index in [1.165, 1.54) is 18.3 Å². The molecule has 1 aromatic heterocycles. The van der Waals surface area contributed by atoms with Crippen LogP contribution in [-0.4, -0.2) is 18.0 Å². The number of hydrogen-bond donors (Lipinski definition) is 2. The van der Waals surface area contributed by atoms with Gasteiger partial charge in [-0.3, -0.25) is 9.54 Å². The maximum Gasteiger partial charge on any atom is 0.285 e. The highest BCUT2D eigenvalue weighted by molar-refractivity contribution is 7.86. The molecule has 1 radical (unpaired) electrons. The molecule has 0 aromatic carbocycles. The van der Waals surface area contributed by atoms with Crippen LogP contribution in [0.15, 0.2) is 18.3 Å². The van der Waals surface area contributed by atoms with E-state index >= 15 is 0 Å². The topological polar surface area (TPSA) is 93.3 Å². The first-order chi connectivity index (χ1) is 5.52. The van der Waals surface area contributed by atoms with E-state index < -0.39 is 15.5 Å². The van der Waals surface area contributed by atoms with Gasteiger partial charge < -0.3 is 5.73 Å². The molecule has 0 fully saturated rings. The van der Waals surface area contributed by atoms with Crippen LogP contribution in [0.2, 0.25) is 0 Å². The molecule has 0 bridgehead atoms. The monoisotopic (exact) mass is 187 g/mol. The average molecular weight is 187 g/mol. The second-order valence-corrected chi connectivity index (χ2v) is 3.68. The molecular formula is C6H7N2O3S. The van der Waals surface area contributed by atoms with Crippen molar-refractivity contribution in [1.29, 1.82) is 0 Å². The van der Waals surface area contributed by atoms with Crippen molar-refractivity contribution in [3.05, 3.63) is 30.1 Å². The minimum Gasteiger partial charge on any atom is -0.309 e. The van der Waals surface area contributed by atoms with E-state index in [1.807, 2.05) is 0 Å². The lowest BCUT2D eigenvalue weighted by Gasteiger charge is -2.05. The van der Waals surface area contributed by atoms with Crippen LogP contribution < -0.4 is 5.73 Å². The Hall–Kier alpha value is -0.980. The van der Waals surface area contributed by atoms with Crippen molar-refractivity contribution >= 4 is 10.1 Å². The second-order valence-electron chi connectivity index (χ2n) is 2.14. The van der Waals surface area contributed by atoms with Crippen LogP contribution in [0, 0.1) is 6.20 Å². The van der Waals surface area contributed by atoms with Crippen LogP contribution in [0.1, 0.15) is 10.9 Å². The summed E-state index contributed by atoms with van der Waals surface area (Å²) in [5.41, 5.74) is 5.30. The van der Waals surface area contributed by atoms with Crippen LogP contribution in [0.4, 0.5) is 0 Å². The Balaban J connectivity index is 3.02. The first kappa shape index (κ1) is 9.11. The fourth-order valence-electron chi connectivity index (χ4n) is 0.658. The number of nitrogens with two attached hydrogens (primary N) is 1. The molecule has 3 N–H and O–H groups in total. The fraction of sp³-hybridized carbons (Fsp3) is 0.167. The summed E-state index contributed by atoms with van der Waals surface area (Å²) in [5, 5.41) is -1.47. The smallest absolute Gasteiger partial charge is 0.285 e. The molecular weight excluding hydrogens is 180 g/mol. The third-order valence-corrected chi connectivity index (χ3v) is 2.15. The van der Waals surface area contributed by atoms with Crippen LogP contribution >= 0.6 is 0 Å². The van der Waals surface area contributed by atoms with Crippen molar-refractivity contribution in [2.24, 2.45) is 5.73 Å². The van der Waals surface area contributed by atoms with E-state index in [4.69, 9.17) is 10.3 Å². The molecule has 0 saturated carbocycles. The number of hydrogen-bond acceptors (Lipinski definition) is 4. The normalized spacial score (nSPS) is 14.2. The van der Waals surface area contributed by atoms with Crippen molar-refractivity contribution in [3.8, 4) is 0 Å². The summed E-state index contributed by atoms with van der Waals surface area (Å²) in [7, 11) is -4.25. The van der Waals surface area contributed by atoms with Crippen molar-refractivity contribution in [2.45, 2.75) is 5.37 Å². The highest BCUT2D eigenvalue weighted by atomic mass is 32.2. The molecule has 1 unspecified atom stereocenters. The van der Waals surface area contributed by atoms with E-state index in [0.717, 1.165) is 0 Å². The SMILES string of the molecule is NC(c1[c]nccc1)S(=O)(=O)O. The second kappa shape index (κ2) is 3.18. The first-order valence-electron chi connectivity index (χ1n) is 3.06. The molecule has 1 atom stereocenters. The van der Waals surface area contributed by atoms with Crippen molar-refractivity contribution < 1.29 is 13.0 Å². The largest absolute Gasteiger partial charge is 0.309 e. The molecule has 6 heteroatoms. The molecule has 1 heterocycles. The zero-order chi connectivity index (χ0) is 9.19. The van der Waals surface area contributed by atoms with Gasteiger partial charge in [-0.2, -0.15) is 8.42 Å². The summed E-state index contributed by atoms with van der Waals surface area (Å²) >= 11 is 0. The molecule has 0 aliphatic rings. The zero-order valence-electron chi connectivity index (χ0n) is 6.01. The van der Waals surface area contributed by atoms with Gasteiger partial charge in [0.25, 0.3) is 10.1 Å². The molecule has 0 spiro atoms. The predicted molar refractivity (Wildman–Crippen MR) is 41.6 cm³/mol. The number of pyridine rings is 1. The molecule has 1 rings (SSSR count). The third-order valence-electron chi connectivity index (χ3n) is 1.26. The van der Waals surface area contributed by atoms with Gasteiger partial charge in [-0.15, -0.1) is 0 Å². The molecule has 12 heavy (non-hydrogen) atoms. The Kier molecular flexibility index (Phi) is 2.41. The van der Waals surface area contributed by atoms with Gasteiger partial charge in [0.2, 0.25) is 0 Å². The third kappa shape index (κ3) is 2.00. The summed E-state index contributed by atoms with van der Waals surface area (Å²) in [4.78, 5) is 3.54. The van der Waals surface area contributed by atoms with Crippen molar-refractivity contribution in [1.82, 2.24) is 4.98 Å². The van der Waals surface area contributed by atoms with Gasteiger partial charge in [0, 0.05) is 11.8 Å². The van der Waals surface area contributed by atoms with Crippen LogP contribution in [0.3, 0.4) is 0 Å². The number of nitrogens with zero attached hydrogens (tertiary/aromatic N) is 1. The lowest BCUT2D eigenvalue weighted by molar-refractivity contribution is 0.469. The standard InChI is InChI=1S/C6H7N2O3S/c7-6(12(9,10)11)5-2-1-3-8-4-5/h1-3,6H,7H2,(H,9,10,11). The Morgan fingerprint density at radius 3 is 2.75 bits per heavy atom. The minimum atomic E-state index is -4.25. The van der Waals surface area contributed by atoms with Crippen LogP contribution in [0.5, 0.6) is 0 Å². The Morgan fingerprint density at radius 1 is 1.67 bits per heavy atom. The Labute approximate surface area is 70.0 Å². The van der Waals surface area contributed by atoms with Crippen molar-refractivity contribution in [2.75, 3.05) is 0 Å². The van der Waals surface area contributed by atoms with Crippen LogP contribution in [0.25, 0.3) is 0 Å². The van der Waals surface area contributed by atoms with Gasteiger partial charge in [-0.1, -0.05) is 6.07 Å². The molecule has 0 aliphatic carbocycles. The highest BCUT2D eigenvalue weighted by Gasteiger charge is 2.19. The van der Waals surface area contributed by atoms with Gasteiger partial charge in [0.1, 0.15) is 0 Å². The van der Waals surface area contributed by atoms with E-state index in [1.54, 1.807) is 0 Å². The molecule has 1 aromatic rings. The van der Waals surface area contributed by atoms with Crippen LogP contribution in [-0.2, 0) is 10.1 Å². The quantitative estimate of drug-likeness (QED) is 0.621. The summed E-state index contributed by atoms with van der Waals surface area (Å²) in [6, 6.07) is 2.93. The molecule has 0 amide bonds. The first-order valence-corrected chi connectivity index (χ1v) is 4.56. The zero-order valence-corrected chi connectivity index (χ0v) is 6.82. The van der Waals surface area contributed by atoms with E-state index in [9.17, 15) is 8.42 Å². The van der Waals surface area contributed by atoms with Gasteiger partial charge in [0.05, 0.1) is 6.20 Å². The summed E-state index contributed by atoms with van der Waals surface area (Å²) in [5.74, 6) is 0. The maximum absolute atomic E-state index is 10.5. The van der Waals surface area contributed by atoms with Gasteiger partial charge >= 0.3 is 0 Å². The minimum absolute atomic E-state index is 0.139. The lowest BCUT2D eigenvalue weighted by Crippen LogP contribution is -2.20. The van der Waals surface area contributed by atoms with E-state index in [0.29, 0.717) is 0 Å². The molecule has 5 nitrogen and oxygen atoms in total. The fourth-order valence-corrected chi connectivity index (χ4v) is 1.11. The summed E-state index contributed by atoms with van der Waals surface area (Å²) < 4.78 is 29.6. The number of rotatable bonds is 2. The summed E-state index contributed by atoms with van der Waals surface area (Å²) in [6.07, 6.45) is 3.79. The van der Waals surface area contributed by atoms with Gasteiger partial charge in [-0.25, -0.2) is 0 Å². The maximum atomic E-state index is 10.5. The van der Waals surface area contributed by atoms with Crippen molar-refractivity contribution in [3.63, 3.8) is 0 Å². The lowest BCUT2D eigenvalue weighted by atomic mass is 10.3. The summed E-state index contributed by atoms with van der Waals surface area (Å²) in [6.45, 7) is 0. The molecule has 0 saturated heterocycles. The van der Waals surface area contributed by atoms with Gasteiger partial charge in [0.15, 0.2) is 5.37 Å². The van der Waals surface area contributed by atoms with E-state index in [-0.39, 0.29) is 5.56 Å². The average Bonchev–Trinajstić information content (AvgIpc) is 2.03. The predicted octanol–water partition coefficient (Wildman–Crippen LogP) is -0.273. The Morgan fingerprint density at radius 2 is 2.33 bits per heavy atom. The Bertz CT molecular complexity index is 348. The number of aromatic nitrogens is 1. The highest BCUT2D eigenvalue weighted by Crippen LogP contribution is 2.12.